The molecule has 156 valence electrons. The molecule has 0 aliphatic carbocycles. The van der Waals surface area contributed by atoms with E-state index < -0.39 is 0 Å². The van der Waals surface area contributed by atoms with Crippen molar-refractivity contribution in [2.24, 2.45) is 0 Å². The lowest BCUT2D eigenvalue weighted by atomic mass is 10.1. The van der Waals surface area contributed by atoms with Gasteiger partial charge in [0, 0.05) is 13.1 Å². The number of nitrogens with zero attached hydrogens (tertiary/aromatic N) is 3. The van der Waals surface area contributed by atoms with E-state index in [1.165, 1.54) is 23.1 Å². The summed E-state index contributed by atoms with van der Waals surface area (Å²) < 4.78 is 6.42. The molecular formula is C22H24N4O2S2. The molecule has 0 unspecified atom stereocenters. The van der Waals surface area contributed by atoms with E-state index in [4.69, 9.17) is 4.74 Å². The molecule has 0 saturated carbocycles. The van der Waals surface area contributed by atoms with Crippen molar-refractivity contribution in [2.75, 3.05) is 25.0 Å². The number of aromatic nitrogens is 2. The Labute approximate surface area is 184 Å². The molecule has 0 spiro atoms. The molecule has 2 aromatic carbocycles. The highest BCUT2D eigenvalue weighted by molar-refractivity contribution is 8.01. The fourth-order valence-electron chi connectivity index (χ4n) is 3.37. The summed E-state index contributed by atoms with van der Waals surface area (Å²) in [5.41, 5.74) is 1.84. The number of para-hydroxylation sites is 2. The Balaban J connectivity index is 1.52. The van der Waals surface area contributed by atoms with Crippen molar-refractivity contribution in [3.8, 4) is 5.75 Å². The highest BCUT2D eigenvalue weighted by Crippen LogP contribution is 2.40. The van der Waals surface area contributed by atoms with Gasteiger partial charge < -0.3 is 15.0 Å². The van der Waals surface area contributed by atoms with Gasteiger partial charge in [0.1, 0.15) is 11.0 Å². The van der Waals surface area contributed by atoms with Crippen LogP contribution in [-0.2, 0) is 4.79 Å². The molecule has 3 aromatic rings. The quantitative estimate of drug-likeness (QED) is 0.490. The van der Waals surface area contributed by atoms with Crippen LogP contribution in [0.25, 0.3) is 0 Å². The Bertz CT molecular complexity index is 974. The largest absolute Gasteiger partial charge is 0.492 e. The average molecular weight is 441 g/mol. The molecule has 1 N–H and O–H groups in total. The summed E-state index contributed by atoms with van der Waals surface area (Å²) in [6, 6.07) is 17.7. The maximum atomic E-state index is 13.2. The Morgan fingerprint density at radius 1 is 1.13 bits per heavy atom. The number of anilines is 2. The van der Waals surface area contributed by atoms with Gasteiger partial charge in [-0.25, -0.2) is 0 Å². The molecule has 1 aliphatic rings. The normalized spacial score (nSPS) is 14.5. The van der Waals surface area contributed by atoms with Crippen LogP contribution in [0.3, 0.4) is 0 Å². The van der Waals surface area contributed by atoms with Gasteiger partial charge in [-0.05, 0) is 37.5 Å². The predicted octanol–water partition coefficient (Wildman–Crippen LogP) is 5.14. The molecule has 30 heavy (non-hydrogen) atoms. The maximum absolute atomic E-state index is 13.2. The van der Waals surface area contributed by atoms with E-state index >= 15 is 0 Å². The first-order valence-electron chi connectivity index (χ1n) is 10.1. The van der Waals surface area contributed by atoms with Crippen LogP contribution in [0.2, 0.25) is 0 Å². The summed E-state index contributed by atoms with van der Waals surface area (Å²) in [5.74, 6) is 0.922. The topological polar surface area (TPSA) is 67.3 Å². The second-order valence-electron chi connectivity index (χ2n) is 6.87. The lowest BCUT2D eigenvalue weighted by Crippen LogP contribution is -2.31. The van der Waals surface area contributed by atoms with E-state index in [1.54, 1.807) is 0 Å². The van der Waals surface area contributed by atoms with Crippen LogP contribution in [0.4, 0.5) is 10.8 Å². The van der Waals surface area contributed by atoms with Crippen molar-refractivity contribution < 1.29 is 9.53 Å². The summed E-state index contributed by atoms with van der Waals surface area (Å²) in [5, 5.41) is 12.2. The van der Waals surface area contributed by atoms with E-state index in [0.717, 1.165) is 47.3 Å². The fourth-order valence-corrected chi connectivity index (χ4v) is 5.41. The molecular weight excluding hydrogens is 416 g/mol. The number of likely N-dealkylation sites (tertiary alicyclic amines) is 1. The van der Waals surface area contributed by atoms with Crippen molar-refractivity contribution in [1.29, 1.82) is 0 Å². The molecule has 8 heteroatoms. The molecule has 0 bridgehead atoms. The minimum Gasteiger partial charge on any atom is -0.492 e. The van der Waals surface area contributed by atoms with Crippen molar-refractivity contribution in [3.05, 3.63) is 60.2 Å². The third kappa shape index (κ3) is 4.94. The SMILES string of the molecule is CCOc1ccccc1Nc1nnc(S[C@@H](C(=O)N2CCCC2)c2ccccc2)s1. The minimum atomic E-state index is -0.319. The van der Waals surface area contributed by atoms with E-state index in [0.29, 0.717) is 11.7 Å². The van der Waals surface area contributed by atoms with E-state index in [9.17, 15) is 4.79 Å². The number of hydrogen-bond acceptors (Lipinski definition) is 7. The maximum Gasteiger partial charge on any atom is 0.240 e. The Morgan fingerprint density at radius 2 is 1.87 bits per heavy atom. The van der Waals surface area contributed by atoms with Gasteiger partial charge in [0.2, 0.25) is 11.0 Å². The molecule has 1 aromatic heterocycles. The number of hydrogen-bond donors (Lipinski definition) is 1. The lowest BCUT2D eigenvalue weighted by Gasteiger charge is -2.22. The Kier molecular flexibility index (Phi) is 6.86. The monoisotopic (exact) mass is 440 g/mol. The molecule has 2 heterocycles. The van der Waals surface area contributed by atoms with Gasteiger partial charge in [-0.1, -0.05) is 65.6 Å². The number of carbonyl (C=O) groups excluding carboxylic acids is 1. The summed E-state index contributed by atoms with van der Waals surface area (Å²) in [7, 11) is 0. The molecule has 1 atom stereocenters. The molecule has 1 aliphatic heterocycles. The zero-order valence-electron chi connectivity index (χ0n) is 16.8. The summed E-state index contributed by atoms with van der Waals surface area (Å²) in [6.07, 6.45) is 2.15. The van der Waals surface area contributed by atoms with Gasteiger partial charge >= 0.3 is 0 Å². The van der Waals surface area contributed by atoms with Crippen LogP contribution >= 0.6 is 23.1 Å². The number of thioether (sulfide) groups is 1. The van der Waals surface area contributed by atoms with Crippen LogP contribution in [-0.4, -0.2) is 40.7 Å². The smallest absolute Gasteiger partial charge is 0.240 e. The van der Waals surface area contributed by atoms with Gasteiger partial charge in [0.25, 0.3) is 0 Å². The number of nitrogens with one attached hydrogen (secondary N) is 1. The van der Waals surface area contributed by atoms with Crippen molar-refractivity contribution in [3.63, 3.8) is 0 Å². The second-order valence-corrected chi connectivity index (χ2v) is 9.20. The van der Waals surface area contributed by atoms with Crippen LogP contribution in [0.1, 0.15) is 30.6 Å². The Morgan fingerprint density at radius 3 is 2.63 bits per heavy atom. The van der Waals surface area contributed by atoms with Gasteiger partial charge in [-0.3, -0.25) is 4.79 Å². The Hall–Kier alpha value is -2.58. The molecule has 0 radical (unpaired) electrons. The molecule has 4 rings (SSSR count). The van der Waals surface area contributed by atoms with Crippen molar-refractivity contribution >= 4 is 39.8 Å². The van der Waals surface area contributed by atoms with Gasteiger partial charge in [0.05, 0.1) is 12.3 Å². The van der Waals surface area contributed by atoms with E-state index in [-0.39, 0.29) is 11.2 Å². The van der Waals surface area contributed by atoms with Crippen molar-refractivity contribution in [2.45, 2.75) is 29.4 Å². The first kappa shape index (κ1) is 20.7. The number of amides is 1. The second kappa shape index (κ2) is 9.95. The number of benzene rings is 2. The van der Waals surface area contributed by atoms with Gasteiger partial charge in [-0.2, -0.15) is 0 Å². The summed E-state index contributed by atoms with van der Waals surface area (Å²) in [4.78, 5) is 15.2. The molecule has 6 nitrogen and oxygen atoms in total. The first-order chi connectivity index (χ1) is 14.7. The predicted molar refractivity (Wildman–Crippen MR) is 122 cm³/mol. The van der Waals surface area contributed by atoms with Gasteiger partial charge in [0.15, 0.2) is 4.34 Å². The fraction of sp³-hybridized carbons (Fsp3) is 0.318. The standard InChI is InChI=1S/C22H24N4O2S2/c1-2-28-18-13-7-6-12-17(18)23-21-24-25-22(30-21)29-19(16-10-4-3-5-11-16)20(27)26-14-8-9-15-26/h3-7,10-13,19H,2,8-9,14-15H2,1H3,(H,23,24)/t19-/m1/s1. The molecule has 1 amide bonds. The van der Waals surface area contributed by atoms with Crippen LogP contribution in [0.15, 0.2) is 58.9 Å². The highest BCUT2D eigenvalue weighted by atomic mass is 32.2. The first-order valence-corrected chi connectivity index (χ1v) is 11.8. The minimum absolute atomic E-state index is 0.148. The zero-order chi connectivity index (χ0) is 20.8. The summed E-state index contributed by atoms with van der Waals surface area (Å²) >= 11 is 2.91. The molecule has 1 saturated heterocycles. The zero-order valence-corrected chi connectivity index (χ0v) is 18.4. The summed E-state index contributed by atoms with van der Waals surface area (Å²) in [6.45, 7) is 4.21. The van der Waals surface area contributed by atoms with Crippen LogP contribution < -0.4 is 10.1 Å². The number of carbonyl (C=O) groups is 1. The van der Waals surface area contributed by atoms with Gasteiger partial charge in [-0.15, -0.1) is 10.2 Å². The number of ether oxygens (including phenoxy) is 1. The third-order valence-electron chi connectivity index (χ3n) is 4.80. The number of rotatable bonds is 8. The van der Waals surface area contributed by atoms with E-state index in [2.05, 4.69) is 15.5 Å². The highest BCUT2D eigenvalue weighted by Gasteiger charge is 2.29. The third-order valence-corrected chi connectivity index (χ3v) is 6.96. The van der Waals surface area contributed by atoms with Crippen LogP contribution in [0, 0.1) is 0 Å². The van der Waals surface area contributed by atoms with Crippen molar-refractivity contribution in [1.82, 2.24) is 15.1 Å². The average Bonchev–Trinajstić information content (AvgIpc) is 3.46. The lowest BCUT2D eigenvalue weighted by molar-refractivity contribution is -0.129. The van der Waals surface area contributed by atoms with Crippen LogP contribution in [0.5, 0.6) is 5.75 Å². The molecule has 1 fully saturated rings. The van der Waals surface area contributed by atoms with E-state index in [1.807, 2.05) is 66.4 Å².